The van der Waals surface area contributed by atoms with Gasteiger partial charge in [-0.05, 0) is 32.1 Å². The summed E-state index contributed by atoms with van der Waals surface area (Å²) < 4.78 is 5.44. The normalized spacial score (nSPS) is 29.6. The zero-order chi connectivity index (χ0) is 10.0. The molecule has 0 aromatic rings. The van der Waals surface area contributed by atoms with Gasteiger partial charge in [-0.25, -0.2) is 0 Å². The van der Waals surface area contributed by atoms with Crippen LogP contribution in [0.25, 0.3) is 0 Å². The number of ether oxygens (including phenoxy) is 1. The fourth-order valence-corrected chi connectivity index (χ4v) is 3.24. The lowest BCUT2D eigenvalue weighted by atomic mass is 9.64. The lowest BCUT2D eigenvalue weighted by Gasteiger charge is -2.49. The van der Waals surface area contributed by atoms with E-state index in [1.165, 1.54) is 32.1 Å². The Labute approximate surface area is 87.2 Å². The van der Waals surface area contributed by atoms with Crippen molar-refractivity contribution in [3.8, 4) is 0 Å². The number of hydrogen-bond acceptors (Lipinski definition) is 2. The van der Waals surface area contributed by atoms with E-state index < -0.39 is 0 Å². The Kier molecular flexibility index (Phi) is 3.13. The van der Waals surface area contributed by atoms with Crippen molar-refractivity contribution < 1.29 is 4.74 Å². The Bertz CT molecular complexity index is 181. The van der Waals surface area contributed by atoms with Crippen molar-refractivity contribution in [1.82, 2.24) is 0 Å². The Hall–Kier alpha value is -0.0800. The summed E-state index contributed by atoms with van der Waals surface area (Å²) in [5.41, 5.74) is 6.41. The molecule has 2 fully saturated rings. The second-order valence-electron chi connectivity index (χ2n) is 5.37. The maximum absolute atomic E-state index is 5.94. The van der Waals surface area contributed by atoms with Crippen molar-refractivity contribution in [3.05, 3.63) is 0 Å². The van der Waals surface area contributed by atoms with Crippen molar-refractivity contribution in [2.75, 3.05) is 13.2 Å². The topological polar surface area (TPSA) is 35.2 Å². The van der Waals surface area contributed by atoms with E-state index in [2.05, 4.69) is 6.92 Å². The first-order chi connectivity index (χ1) is 6.73. The first-order valence-corrected chi connectivity index (χ1v) is 6.06. The van der Waals surface area contributed by atoms with E-state index in [1.54, 1.807) is 0 Å². The minimum atomic E-state index is 0.334. The van der Waals surface area contributed by atoms with E-state index in [0.717, 1.165) is 25.6 Å². The Morgan fingerprint density at radius 2 is 1.93 bits per heavy atom. The summed E-state index contributed by atoms with van der Waals surface area (Å²) >= 11 is 0. The van der Waals surface area contributed by atoms with Crippen LogP contribution in [0.2, 0.25) is 0 Å². The van der Waals surface area contributed by atoms with Crippen LogP contribution >= 0.6 is 0 Å². The summed E-state index contributed by atoms with van der Waals surface area (Å²) in [6.07, 6.45) is 8.27. The molecule has 2 rings (SSSR count). The van der Waals surface area contributed by atoms with Gasteiger partial charge in [-0.15, -0.1) is 0 Å². The molecule has 14 heavy (non-hydrogen) atoms. The highest BCUT2D eigenvalue weighted by Gasteiger charge is 2.45. The van der Waals surface area contributed by atoms with Crippen LogP contribution in [0.1, 0.15) is 45.4 Å². The smallest absolute Gasteiger partial charge is 0.0548 e. The molecule has 1 aliphatic heterocycles. The molecule has 0 spiro atoms. The third kappa shape index (κ3) is 1.96. The lowest BCUT2D eigenvalue weighted by molar-refractivity contribution is -0.158. The van der Waals surface area contributed by atoms with Crippen LogP contribution in [0, 0.1) is 11.3 Å². The molecule has 82 valence electrons. The second-order valence-corrected chi connectivity index (χ2v) is 5.37. The van der Waals surface area contributed by atoms with E-state index in [9.17, 15) is 0 Å². The van der Waals surface area contributed by atoms with Crippen molar-refractivity contribution >= 4 is 0 Å². The molecule has 1 heterocycles. The summed E-state index contributed by atoms with van der Waals surface area (Å²) in [6.45, 7) is 4.07. The monoisotopic (exact) mass is 197 g/mol. The Balaban J connectivity index is 1.95. The molecule has 2 heteroatoms. The van der Waals surface area contributed by atoms with Crippen LogP contribution in [-0.2, 0) is 4.74 Å². The molecule has 1 saturated carbocycles. The SMILES string of the molecule is CC(N)CC1(C2CCCCC2)COC1. The molecule has 2 N–H and O–H groups in total. The van der Waals surface area contributed by atoms with Gasteiger partial charge in [0.05, 0.1) is 13.2 Å². The average molecular weight is 197 g/mol. The zero-order valence-corrected chi connectivity index (χ0v) is 9.30. The molecule has 0 bridgehead atoms. The van der Waals surface area contributed by atoms with Crippen molar-refractivity contribution in [2.45, 2.75) is 51.5 Å². The van der Waals surface area contributed by atoms with E-state index in [1.807, 2.05) is 0 Å². The molecular weight excluding hydrogens is 174 g/mol. The molecular formula is C12H23NO. The van der Waals surface area contributed by atoms with Gasteiger partial charge < -0.3 is 10.5 Å². The van der Waals surface area contributed by atoms with Gasteiger partial charge in [0.25, 0.3) is 0 Å². The highest BCUT2D eigenvalue weighted by molar-refractivity contribution is 4.94. The Morgan fingerprint density at radius 3 is 2.36 bits per heavy atom. The standard InChI is InChI=1S/C12H23NO/c1-10(13)7-12(8-14-9-12)11-5-3-2-4-6-11/h10-11H,2-9,13H2,1H3. The van der Waals surface area contributed by atoms with Gasteiger partial charge in [-0.1, -0.05) is 19.3 Å². The van der Waals surface area contributed by atoms with Crippen LogP contribution in [0.5, 0.6) is 0 Å². The van der Waals surface area contributed by atoms with Gasteiger partial charge in [0, 0.05) is 11.5 Å². The molecule has 2 nitrogen and oxygen atoms in total. The third-order valence-corrected chi connectivity index (χ3v) is 3.98. The van der Waals surface area contributed by atoms with E-state index in [4.69, 9.17) is 10.5 Å². The highest BCUT2D eigenvalue weighted by atomic mass is 16.5. The summed E-state index contributed by atoms with van der Waals surface area (Å²) in [7, 11) is 0. The van der Waals surface area contributed by atoms with Gasteiger partial charge >= 0.3 is 0 Å². The van der Waals surface area contributed by atoms with Crippen LogP contribution in [0.15, 0.2) is 0 Å². The summed E-state index contributed by atoms with van der Waals surface area (Å²) in [5, 5.41) is 0. The van der Waals surface area contributed by atoms with Gasteiger partial charge in [0.15, 0.2) is 0 Å². The molecule has 2 aliphatic rings. The van der Waals surface area contributed by atoms with Crippen molar-refractivity contribution in [1.29, 1.82) is 0 Å². The van der Waals surface area contributed by atoms with Crippen molar-refractivity contribution in [3.63, 3.8) is 0 Å². The maximum Gasteiger partial charge on any atom is 0.0548 e. The summed E-state index contributed by atoms with van der Waals surface area (Å²) in [5.74, 6) is 0.899. The fraction of sp³-hybridized carbons (Fsp3) is 1.00. The predicted octanol–water partition coefficient (Wildman–Crippen LogP) is 2.32. The minimum absolute atomic E-state index is 0.334. The second kappa shape index (κ2) is 4.19. The predicted molar refractivity (Wildman–Crippen MR) is 58.1 cm³/mol. The van der Waals surface area contributed by atoms with Crippen molar-refractivity contribution in [2.24, 2.45) is 17.1 Å². The van der Waals surface area contributed by atoms with Gasteiger partial charge in [-0.2, -0.15) is 0 Å². The van der Waals surface area contributed by atoms with Gasteiger partial charge in [-0.3, -0.25) is 0 Å². The molecule has 0 amide bonds. The molecule has 0 aromatic carbocycles. The molecule has 1 atom stereocenters. The van der Waals surface area contributed by atoms with Crippen LogP contribution in [0.4, 0.5) is 0 Å². The Morgan fingerprint density at radius 1 is 1.29 bits per heavy atom. The van der Waals surface area contributed by atoms with E-state index in [-0.39, 0.29) is 0 Å². The molecule has 1 saturated heterocycles. The fourth-order valence-electron chi connectivity index (χ4n) is 3.24. The maximum atomic E-state index is 5.94. The van der Waals surface area contributed by atoms with E-state index in [0.29, 0.717) is 11.5 Å². The quantitative estimate of drug-likeness (QED) is 0.753. The summed E-state index contributed by atoms with van der Waals surface area (Å²) in [4.78, 5) is 0. The average Bonchev–Trinajstić information content (AvgIpc) is 2.12. The number of rotatable bonds is 3. The van der Waals surface area contributed by atoms with Gasteiger partial charge in [0.1, 0.15) is 0 Å². The van der Waals surface area contributed by atoms with Gasteiger partial charge in [0.2, 0.25) is 0 Å². The zero-order valence-electron chi connectivity index (χ0n) is 9.30. The van der Waals surface area contributed by atoms with Crippen LogP contribution in [-0.4, -0.2) is 19.3 Å². The first-order valence-electron chi connectivity index (χ1n) is 6.06. The first kappa shape index (κ1) is 10.4. The van der Waals surface area contributed by atoms with Crippen LogP contribution in [0.3, 0.4) is 0 Å². The number of hydrogen-bond donors (Lipinski definition) is 1. The van der Waals surface area contributed by atoms with E-state index >= 15 is 0 Å². The summed E-state index contributed by atoms with van der Waals surface area (Å²) in [6, 6.07) is 0.334. The molecule has 0 radical (unpaired) electrons. The largest absolute Gasteiger partial charge is 0.380 e. The highest BCUT2D eigenvalue weighted by Crippen LogP contribution is 2.46. The lowest BCUT2D eigenvalue weighted by Crippen LogP contribution is -2.51. The third-order valence-electron chi connectivity index (χ3n) is 3.98. The minimum Gasteiger partial charge on any atom is -0.380 e. The molecule has 1 unspecified atom stereocenters. The number of nitrogens with two attached hydrogens (primary N) is 1. The van der Waals surface area contributed by atoms with Crippen LogP contribution < -0.4 is 5.73 Å². The molecule has 1 aliphatic carbocycles. The molecule has 0 aromatic heterocycles.